The Bertz CT molecular complexity index is 501. The fourth-order valence-electron chi connectivity index (χ4n) is 1.90. The van der Waals surface area contributed by atoms with Crippen LogP contribution < -0.4 is 0 Å². The van der Waals surface area contributed by atoms with E-state index in [4.69, 9.17) is 5.11 Å². The molecule has 1 aromatic rings. The van der Waals surface area contributed by atoms with Gasteiger partial charge >= 0.3 is 5.97 Å². The minimum absolute atomic E-state index is 0.0383. The van der Waals surface area contributed by atoms with Crippen LogP contribution in [0, 0.1) is 6.92 Å². The smallest absolute Gasteiger partial charge is 0.354 e. The molecule has 0 atom stereocenters. The summed E-state index contributed by atoms with van der Waals surface area (Å²) >= 11 is 1.18. The van der Waals surface area contributed by atoms with Gasteiger partial charge in [0.1, 0.15) is 0 Å². The summed E-state index contributed by atoms with van der Waals surface area (Å²) in [5.74, 6) is -0.773. The predicted molar refractivity (Wildman–Crippen MR) is 70.3 cm³/mol. The molecule has 1 N–H and O–H groups in total. The van der Waals surface area contributed by atoms with Crippen LogP contribution in [0.3, 0.4) is 0 Å². The summed E-state index contributed by atoms with van der Waals surface area (Å²) in [4.78, 5) is 32.6. The van der Waals surface area contributed by atoms with Gasteiger partial charge in [0.15, 0.2) is 10.9 Å². The van der Waals surface area contributed by atoms with Gasteiger partial charge in [0.25, 0.3) is 0 Å². The number of hydrogen-bond acceptors (Lipinski definition) is 5. The van der Waals surface area contributed by atoms with E-state index in [1.54, 1.807) is 6.92 Å². The first kappa shape index (κ1) is 13.8. The number of hydrogen-bond donors (Lipinski definition) is 1. The molecule has 1 aliphatic rings. The Balaban J connectivity index is 1.98. The van der Waals surface area contributed by atoms with E-state index in [0.29, 0.717) is 10.9 Å². The molecule has 2 heterocycles. The molecular weight excluding hydrogens is 266 g/mol. The first-order chi connectivity index (χ1) is 9.06. The molecule has 102 valence electrons. The number of carbonyl (C=O) groups is 2. The van der Waals surface area contributed by atoms with Crippen LogP contribution in [0.15, 0.2) is 11.2 Å². The number of thioether (sulfide) groups is 1. The van der Waals surface area contributed by atoms with E-state index in [2.05, 4.69) is 9.97 Å². The molecule has 1 fully saturated rings. The van der Waals surface area contributed by atoms with Crippen molar-refractivity contribution in [3.8, 4) is 0 Å². The lowest BCUT2D eigenvalue weighted by Crippen LogP contribution is -2.29. The van der Waals surface area contributed by atoms with Crippen molar-refractivity contribution in [2.24, 2.45) is 0 Å². The fraction of sp³-hybridized carbons (Fsp3) is 0.500. The van der Waals surface area contributed by atoms with Crippen molar-refractivity contribution >= 4 is 23.6 Å². The van der Waals surface area contributed by atoms with Gasteiger partial charge in [0.05, 0.1) is 5.75 Å². The van der Waals surface area contributed by atoms with Crippen molar-refractivity contribution < 1.29 is 14.7 Å². The number of rotatable bonds is 4. The van der Waals surface area contributed by atoms with Crippen molar-refractivity contribution in [3.63, 3.8) is 0 Å². The lowest BCUT2D eigenvalue weighted by atomic mass is 10.3. The number of amides is 1. The molecular formula is C12H15N3O3S. The second-order valence-corrected chi connectivity index (χ2v) is 5.30. The highest BCUT2D eigenvalue weighted by Gasteiger charge is 2.18. The largest absolute Gasteiger partial charge is 0.477 e. The maximum atomic E-state index is 11.9. The summed E-state index contributed by atoms with van der Waals surface area (Å²) in [6.07, 6.45) is 2.11. The van der Waals surface area contributed by atoms with Crippen LogP contribution in [-0.4, -0.2) is 50.7 Å². The molecule has 1 amide bonds. The number of likely N-dealkylation sites (tertiary alicyclic amines) is 1. The number of aromatic nitrogens is 2. The Morgan fingerprint density at radius 1 is 1.37 bits per heavy atom. The summed E-state index contributed by atoms with van der Waals surface area (Å²) in [6, 6.07) is 1.41. The Hall–Kier alpha value is -1.63. The topological polar surface area (TPSA) is 83.4 Å². The van der Waals surface area contributed by atoms with Crippen LogP contribution in [0.2, 0.25) is 0 Å². The number of aryl methyl sites for hydroxylation is 1. The normalized spacial score (nSPS) is 14.7. The molecule has 1 saturated heterocycles. The molecule has 6 nitrogen and oxygen atoms in total. The summed E-state index contributed by atoms with van der Waals surface area (Å²) < 4.78 is 0. The molecule has 1 aliphatic heterocycles. The van der Waals surface area contributed by atoms with Crippen molar-refractivity contribution in [1.29, 1.82) is 0 Å². The van der Waals surface area contributed by atoms with Gasteiger partial charge in [-0.3, -0.25) is 4.79 Å². The van der Waals surface area contributed by atoms with E-state index < -0.39 is 5.97 Å². The van der Waals surface area contributed by atoms with Gasteiger partial charge in [-0.25, -0.2) is 14.8 Å². The molecule has 0 aromatic carbocycles. The van der Waals surface area contributed by atoms with Crippen LogP contribution in [0.5, 0.6) is 0 Å². The van der Waals surface area contributed by atoms with Crippen LogP contribution in [0.4, 0.5) is 0 Å². The van der Waals surface area contributed by atoms with Crippen LogP contribution in [0.1, 0.15) is 29.0 Å². The van der Waals surface area contributed by atoms with Gasteiger partial charge in [0, 0.05) is 18.8 Å². The zero-order valence-corrected chi connectivity index (χ0v) is 11.4. The third-order valence-corrected chi connectivity index (χ3v) is 3.67. The van der Waals surface area contributed by atoms with Crippen molar-refractivity contribution in [2.75, 3.05) is 18.8 Å². The van der Waals surface area contributed by atoms with E-state index in [-0.39, 0.29) is 17.4 Å². The molecule has 0 radical (unpaired) electrons. The average molecular weight is 281 g/mol. The Labute approximate surface area is 115 Å². The standard InChI is InChI=1S/C12H15N3O3S/c1-8-6-9(11(17)18)14-12(13-8)19-7-10(16)15-4-2-3-5-15/h6H,2-5,7H2,1H3,(H,17,18). The van der Waals surface area contributed by atoms with Gasteiger partial charge in [-0.1, -0.05) is 11.8 Å². The van der Waals surface area contributed by atoms with E-state index in [1.165, 1.54) is 17.8 Å². The average Bonchev–Trinajstić information content (AvgIpc) is 2.89. The monoisotopic (exact) mass is 281 g/mol. The highest BCUT2D eigenvalue weighted by molar-refractivity contribution is 7.99. The summed E-state index contributed by atoms with van der Waals surface area (Å²) in [7, 11) is 0. The predicted octanol–water partition coefficient (Wildman–Crippen LogP) is 1.20. The minimum atomic E-state index is -1.08. The van der Waals surface area contributed by atoms with Crippen LogP contribution in [-0.2, 0) is 4.79 Å². The van der Waals surface area contributed by atoms with Gasteiger partial charge in [0.2, 0.25) is 5.91 Å². The number of carbonyl (C=O) groups excluding carboxylic acids is 1. The highest BCUT2D eigenvalue weighted by Crippen LogP contribution is 2.17. The third kappa shape index (κ3) is 3.66. The van der Waals surface area contributed by atoms with E-state index in [1.807, 2.05) is 4.90 Å². The van der Waals surface area contributed by atoms with Crippen molar-refractivity contribution in [1.82, 2.24) is 14.9 Å². The Kier molecular flexibility index (Phi) is 4.36. The molecule has 7 heteroatoms. The molecule has 2 rings (SSSR count). The van der Waals surface area contributed by atoms with Crippen molar-refractivity contribution in [2.45, 2.75) is 24.9 Å². The van der Waals surface area contributed by atoms with Gasteiger partial charge in [-0.2, -0.15) is 0 Å². The highest BCUT2D eigenvalue weighted by atomic mass is 32.2. The maximum Gasteiger partial charge on any atom is 0.354 e. The number of aromatic carboxylic acids is 1. The molecule has 0 bridgehead atoms. The number of carboxylic acid groups (broad SMARTS) is 1. The third-order valence-electron chi connectivity index (χ3n) is 2.84. The lowest BCUT2D eigenvalue weighted by molar-refractivity contribution is -0.127. The second-order valence-electron chi connectivity index (χ2n) is 4.36. The minimum Gasteiger partial charge on any atom is -0.477 e. The molecule has 0 saturated carbocycles. The first-order valence-electron chi connectivity index (χ1n) is 6.06. The van der Waals surface area contributed by atoms with Gasteiger partial charge in [-0.05, 0) is 25.8 Å². The number of nitrogens with zero attached hydrogens (tertiary/aromatic N) is 3. The zero-order valence-electron chi connectivity index (χ0n) is 10.6. The summed E-state index contributed by atoms with van der Waals surface area (Å²) in [6.45, 7) is 3.34. The Morgan fingerprint density at radius 2 is 2.05 bits per heavy atom. The molecule has 1 aromatic heterocycles. The van der Waals surface area contributed by atoms with Crippen LogP contribution in [0.25, 0.3) is 0 Å². The zero-order chi connectivity index (χ0) is 13.8. The van der Waals surface area contributed by atoms with E-state index >= 15 is 0 Å². The number of carboxylic acids is 1. The fourth-order valence-corrected chi connectivity index (χ4v) is 2.71. The summed E-state index contributed by atoms with van der Waals surface area (Å²) in [5, 5.41) is 9.25. The molecule has 0 unspecified atom stereocenters. The lowest BCUT2D eigenvalue weighted by Gasteiger charge is -2.14. The van der Waals surface area contributed by atoms with E-state index in [0.717, 1.165) is 25.9 Å². The maximum absolute atomic E-state index is 11.9. The SMILES string of the molecule is Cc1cc(C(=O)O)nc(SCC(=O)N2CCCC2)n1. The second kappa shape index (κ2) is 6.01. The first-order valence-corrected chi connectivity index (χ1v) is 7.04. The summed E-state index contributed by atoms with van der Waals surface area (Å²) in [5.41, 5.74) is 0.548. The molecule has 19 heavy (non-hydrogen) atoms. The van der Waals surface area contributed by atoms with Gasteiger partial charge in [-0.15, -0.1) is 0 Å². The van der Waals surface area contributed by atoms with Crippen LogP contribution >= 0.6 is 11.8 Å². The van der Waals surface area contributed by atoms with E-state index in [9.17, 15) is 9.59 Å². The van der Waals surface area contributed by atoms with Crippen molar-refractivity contribution in [3.05, 3.63) is 17.5 Å². The van der Waals surface area contributed by atoms with Gasteiger partial charge < -0.3 is 10.0 Å². The molecule has 0 spiro atoms. The Morgan fingerprint density at radius 3 is 2.68 bits per heavy atom. The molecule has 0 aliphatic carbocycles. The quantitative estimate of drug-likeness (QED) is 0.659.